The van der Waals surface area contributed by atoms with Crippen LogP contribution in [0.5, 0.6) is 11.5 Å². The molecule has 1 rings (SSSR count). The van der Waals surface area contributed by atoms with Crippen molar-refractivity contribution in [2.45, 2.75) is 0 Å². The van der Waals surface area contributed by atoms with Gasteiger partial charge < -0.3 is 9.47 Å². The van der Waals surface area contributed by atoms with Gasteiger partial charge in [0.25, 0.3) is 11.6 Å². The minimum Gasteiger partial charge on any atom is -0.493 e. The lowest BCUT2D eigenvalue weighted by molar-refractivity contribution is -0.385. The number of nitrogens with zero attached hydrogens (tertiary/aromatic N) is 1. The molecule has 8 nitrogen and oxygen atoms in total. The van der Waals surface area contributed by atoms with Crippen molar-refractivity contribution in [1.29, 1.82) is 0 Å². The Kier molecular flexibility index (Phi) is 4.44. The molecule has 0 aromatic heterocycles. The van der Waals surface area contributed by atoms with Gasteiger partial charge in [0.1, 0.15) is 5.56 Å². The van der Waals surface area contributed by atoms with Crippen LogP contribution < -0.4 is 15.0 Å². The summed E-state index contributed by atoms with van der Waals surface area (Å²) in [4.78, 5) is 26.2. The quantitative estimate of drug-likeness (QED) is 0.620. The van der Waals surface area contributed by atoms with E-state index in [4.69, 9.17) is 9.47 Å². The molecule has 0 atom stereocenters. The number of benzene rings is 1. The molecule has 0 aliphatic rings. The maximum absolute atomic E-state index is 11.6. The largest absolute Gasteiger partial charge is 0.493 e. The maximum atomic E-state index is 11.6. The van der Waals surface area contributed by atoms with Crippen LogP contribution in [0.25, 0.3) is 0 Å². The highest BCUT2D eigenvalue weighted by molar-refractivity contribution is 5.98. The molecule has 98 valence electrons. The minimum atomic E-state index is -0.745. The van der Waals surface area contributed by atoms with Crippen molar-refractivity contribution in [3.63, 3.8) is 0 Å². The van der Waals surface area contributed by atoms with Crippen LogP contribution in [0, 0.1) is 10.1 Å². The molecule has 18 heavy (non-hydrogen) atoms. The van der Waals surface area contributed by atoms with Crippen LogP contribution in [0.15, 0.2) is 12.1 Å². The van der Waals surface area contributed by atoms with E-state index in [-0.39, 0.29) is 17.1 Å². The van der Waals surface area contributed by atoms with Crippen LogP contribution >= 0.6 is 0 Å². The Hall–Kier alpha value is -2.35. The predicted molar refractivity (Wildman–Crippen MR) is 60.7 cm³/mol. The molecule has 0 saturated heterocycles. The number of ether oxygens (including phenoxy) is 2. The monoisotopic (exact) mass is 256 g/mol. The topological polar surface area (TPSA) is 99.9 Å². The molecule has 0 fully saturated rings. The summed E-state index contributed by atoms with van der Waals surface area (Å²) >= 11 is 0. The summed E-state index contributed by atoms with van der Waals surface area (Å²) in [5.41, 5.74) is 1.42. The molecule has 1 aromatic carbocycles. The van der Waals surface area contributed by atoms with Crippen molar-refractivity contribution in [1.82, 2.24) is 5.48 Å². The first-order valence-electron chi connectivity index (χ1n) is 4.78. The normalized spacial score (nSPS) is 9.72. The third-order valence-corrected chi connectivity index (χ3v) is 2.14. The number of hydrogen-bond donors (Lipinski definition) is 1. The average Bonchev–Trinajstić information content (AvgIpc) is 2.37. The second-order valence-corrected chi connectivity index (χ2v) is 3.12. The van der Waals surface area contributed by atoms with Crippen molar-refractivity contribution in [3.8, 4) is 11.5 Å². The van der Waals surface area contributed by atoms with Gasteiger partial charge in [0.05, 0.1) is 32.3 Å². The molecule has 0 aliphatic heterocycles. The van der Waals surface area contributed by atoms with E-state index in [1.54, 1.807) is 0 Å². The zero-order valence-corrected chi connectivity index (χ0v) is 10.1. The van der Waals surface area contributed by atoms with Gasteiger partial charge >= 0.3 is 0 Å². The lowest BCUT2D eigenvalue weighted by atomic mass is 10.1. The highest BCUT2D eigenvalue weighted by atomic mass is 16.6. The number of nitrogens with one attached hydrogen (secondary N) is 1. The van der Waals surface area contributed by atoms with Crippen LogP contribution in [-0.4, -0.2) is 32.2 Å². The molecule has 0 spiro atoms. The Balaban J connectivity index is 3.37. The smallest absolute Gasteiger partial charge is 0.286 e. The van der Waals surface area contributed by atoms with E-state index >= 15 is 0 Å². The number of hydroxylamine groups is 1. The van der Waals surface area contributed by atoms with E-state index in [1.165, 1.54) is 27.4 Å². The predicted octanol–water partition coefficient (Wildman–Crippen LogP) is 0.903. The highest BCUT2D eigenvalue weighted by Gasteiger charge is 2.24. The summed E-state index contributed by atoms with van der Waals surface area (Å²) in [5, 5.41) is 10.9. The van der Waals surface area contributed by atoms with E-state index in [1.807, 2.05) is 5.48 Å². The van der Waals surface area contributed by atoms with E-state index < -0.39 is 16.5 Å². The van der Waals surface area contributed by atoms with E-state index in [0.29, 0.717) is 0 Å². The molecule has 0 radical (unpaired) electrons. The summed E-state index contributed by atoms with van der Waals surface area (Å²) in [5.74, 6) is -0.368. The number of rotatable bonds is 5. The zero-order chi connectivity index (χ0) is 13.7. The van der Waals surface area contributed by atoms with Gasteiger partial charge in [0.2, 0.25) is 0 Å². The number of hydrogen-bond acceptors (Lipinski definition) is 6. The Morgan fingerprint density at radius 2 is 1.78 bits per heavy atom. The van der Waals surface area contributed by atoms with E-state index in [0.717, 1.165) is 6.07 Å². The van der Waals surface area contributed by atoms with E-state index in [2.05, 4.69) is 4.84 Å². The molecular formula is C10H12N2O6. The summed E-state index contributed by atoms with van der Waals surface area (Å²) in [6, 6.07) is 2.33. The number of methoxy groups -OCH3 is 2. The van der Waals surface area contributed by atoms with Gasteiger partial charge in [0.15, 0.2) is 11.5 Å². The third kappa shape index (κ3) is 2.66. The first kappa shape index (κ1) is 13.7. The molecule has 8 heteroatoms. The number of carbonyl (C=O) groups excluding carboxylic acids is 1. The van der Waals surface area contributed by atoms with Gasteiger partial charge in [-0.1, -0.05) is 0 Å². The van der Waals surface area contributed by atoms with Gasteiger partial charge in [-0.05, 0) is 0 Å². The van der Waals surface area contributed by atoms with Gasteiger partial charge in [-0.25, -0.2) is 5.48 Å². The van der Waals surface area contributed by atoms with Gasteiger partial charge in [-0.2, -0.15) is 0 Å². The molecule has 1 N–H and O–H groups in total. The van der Waals surface area contributed by atoms with Crippen molar-refractivity contribution in [2.75, 3.05) is 21.3 Å². The van der Waals surface area contributed by atoms with Crippen LogP contribution in [0.2, 0.25) is 0 Å². The van der Waals surface area contributed by atoms with E-state index in [9.17, 15) is 14.9 Å². The van der Waals surface area contributed by atoms with Gasteiger partial charge in [-0.3, -0.25) is 19.7 Å². The Morgan fingerprint density at radius 1 is 1.22 bits per heavy atom. The molecule has 1 aromatic rings. The molecular weight excluding hydrogens is 244 g/mol. The van der Waals surface area contributed by atoms with Crippen LogP contribution in [-0.2, 0) is 4.84 Å². The lowest BCUT2D eigenvalue weighted by Gasteiger charge is -2.10. The Labute approximate surface area is 103 Å². The summed E-state index contributed by atoms with van der Waals surface area (Å²) in [6.45, 7) is 0. The maximum Gasteiger partial charge on any atom is 0.286 e. The average molecular weight is 256 g/mol. The molecule has 0 aliphatic carbocycles. The first-order valence-corrected chi connectivity index (χ1v) is 4.78. The van der Waals surface area contributed by atoms with Crippen molar-refractivity contribution < 1.29 is 24.0 Å². The summed E-state index contributed by atoms with van der Waals surface area (Å²) < 4.78 is 9.90. The van der Waals surface area contributed by atoms with Crippen LogP contribution in [0.1, 0.15) is 10.4 Å². The zero-order valence-electron chi connectivity index (χ0n) is 10.1. The van der Waals surface area contributed by atoms with Crippen molar-refractivity contribution in [3.05, 3.63) is 27.8 Å². The Bertz CT molecular complexity index is 474. The molecule has 0 saturated carbocycles. The number of carbonyl (C=O) groups is 1. The first-order chi connectivity index (χ1) is 8.54. The second-order valence-electron chi connectivity index (χ2n) is 3.12. The molecule has 1 amide bonds. The fourth-order valence-corrected chi connectivity index (χ4v) is 1.35. The standard InChI is InChI=1S/C10H12N2O6/c1-16-8-4-6(10(13)11-18-3)7(12(14)15)5-9(8)17-2/h4-5H,1-3H3,(H,11,13). The molecule has 0 unspecified atom stereocenters. The van der Waals surface area contributed by atoms with Gasteiger partial charge in [-0.15, -0.1) is 0 Å². The highest BCUT2D eigenvalue weighted by Crippen LogP contribution is 2.34. The fraction of sp³-hybridized carbons (Fsp3) is 0.300. The number of nitro benzene ring substituents is 1. The number of amides is 1. The fourth-order valence-electron chi connectivity index (χ4n) is 1.35. The number of nitro groups is 1. The third-order valence-electron chi connectivity index (χ3n) is 2.14. The van der Waals surface area contributed by atoms with Crippen molar-refractivity contribution >= 4 is 11.6 Å². The van der Waals surface area contributed by atoms with Gasteiger partial charge in [0, 0.05) is 6.07 Å². The second kappa shape index (κ2) is 5.82. The SMILES string of the molecule is CONC(=O)c1cc(OC)c(OC)cc1[N+](=O)[O-]. The Morgan fingerprint density at radius 3 is 2.22 bits per heavy atom. The van der Waals surface area contributed by atoms with Crippen LogP contribution in [0.4, 0.5) is 5.69 Å². The van der Waals surface area contributed by atoms with Crippen molar-refractivity contribution in [2.24, 2.45) is 0 Å². The van der Waals surface area contributed by atoms with Crippen LogP contribution in [0.3, 0.4) is 0 Å². The minimum absolute atomic E-state index is 0.165. The lowest BCUT2D eigenvalue weighted by Crippen LogP contribution is -2.22. The molecule has 0 heterocycles. The summed E-state index contributed by atoms with van der Waals surface area (Å²) in [7, 11) is 3.93. The molecule has 0 bridgehead atoms. The summed E-state index contributed by atoms with van der Waals surface area (Å²) in [6.07, 6.45) is 0.